The second-order valence-corrected chi connectivity index (χ2v) is 3.90. The number of fused-ring (bicyclic) bond motifs is 1. The second-order valence-electron chi connectivity index (χ2n) is 2.83. The van der Waals surface area contributed by atoms with E-state index in [4.69, 9.17) is 13.6 Å². The normalized spacial score (nSPS) is 14.4. The zero-order valence-corrected chi connectivity index (χ0v) is 8.49. The lowest BCUT2D eigenvalue weighted by molar-refractivity contribution is -0.119. The van der Waals surface area contributed by atoms with E-state index in [9.17, 15) is 4.79 Å². The lowest BCUT2D eigenvalue weighted by Gasteiger charge is -2.05. The number of carbonyl (C=O) groups excluding carboxylic acids is 1. The van der Waals surface area contributed by atoms with Crippen LogP contribution in [0.4, 0.5) is 0 Å². The van der Waals surface area contributed by atoms with E-state index >= 15 is 0 Å². The van der Waals surface area contributed by atoms with E-state index in [-0.39, 0.29) is 12.4 Å². The summed E-state index contributed by atoms with van der Waals surface area (Å²) in [6.45, 7) is 1.48. The number of Topliss-reactive ketones (excluding diaryl/α,β-unsaturated/α-hetero) is 1. The number of benzene rings is 1. The molecule has 0 atom stereocenters. The fourth-order valence-corrected chi connectivity index (χ4v) is 2.03. The van der Waals surface area contributed by atoms with Crippen LogP contribution < -0.4 is 9.05 Å². The van der Waals surface area contributed by atoms with Crippen molar-refractivity contribution in [3.63, 3.8) is 0 Å². The lowest BCUT2D eigenvalue weighted by atomic mass is 10.3. The van der Waals surface area contributed by atoms with Gasteiger partial charge in [-0.2, -0.15) is 0 Å². The molecule has 2 rings (SSSR count). The summed E-state index contributed by atoms with van der Waals surface area (Å²) < 4.78 is 15.8. The Bertz CT molecular complexity index is 327. The van der Waals surface area contributed by atoms with Gasteiger partial charge in [0.2, 0.25) is 0 Å². The van der Waals surface area contributed by atoms with E-state index in [1.54, 1.807) is 12.1 Å². The van der Waals surface area contributed by atoms with Crippen molar-refractivity contribution in [2.45, 2.75) is 6.92 Å². The van der Waals surface area contributed by atoms with Crippen molar-refractivity contribution < 1.29 is 18.4 Å². The van der Waals surface area contributed by atoms with Crippen molar-refractivity contribution in [1.82, 2.24) is 0 Å². The molecule has 0 bridgehead atoms. The molecule has 1 aliphatic rings. The monoisotopic (exact) mass is 212 g/mol. The molecule has 74 valence electrons. The van der Waals surface area contributed by atoms with Crippen molar-refractivity contribution >= 4 is 14.4 Å². The van der Waals surface area contributed by atoms with Crippen molar-refractivity contribution in [3.8, 4) is 11.5 Å². The molecule has 0 N–H and O–H groups in total. The summed E-state index contributed by atoms with van der Waals surface area (Å²) in [6, 6.07) is 7.31. The maximum absolute atomic E-state index is 10.6. The molecule has 1 aliphatic heterocycles. The van der Waals surface area contributed by atoms with Gasteiger partial charge in [-0.1, -0.05) is 12.1 Å². The Morgan fingerprint density at radius 1 is 1.36 bits per heavy atom. The van der Waals surface area contributed by atoms with Crippen molar-refractivity contribution in [2.75, 3.05) is 6.61 Å². The minimum absolute atomic E-state index is 0.0275. The molecule has 0 spiro atoms. The highest BCUT2D eigenvalue weighted by atomic mass is 31.2. The molecule has 0 aromatic heterocycles. The van der Waals surface area contributed by atoms with Crippen LogP contribution in [0.5, 0.6) is 11.5 Å². The van der Waals surface area contributed by atoms with Gasteiger partial charge < -0.3 is 9.05 Å². The fraction of sp³-hybridized carbons (Fsp3) is 0.222. The van der Waals surface area contributed by atoms with Crippen LogP contribution in [0.25, 0.3) is 0 Å². The zero-order valence-electron chi connectivity index (χ0n) is 7.60. The molecule has 0 amide bonds. The Hall–Kier alpha value is -1.12. The quantitative estimate of drug-likeness (QED) is 0.721. The van der Waals surface area contributed by atoms with E-state index in [1.165, 1.54) is 6.92 Å². The second kappa shape index (κ2) is 3.95. The first kappa shape index (κ1) is 9.44. The van der Waals surface area contributed by atoms with Crippen LogP contribution in [0.2, 0.25) is 0 Å². The van der Waals surface area contributed by atoms with Gasteiger partial charge in [0.15, 0.2) is 17.3 Å². The molecular weight excluding hydrogens is 203 g/mol. The summed E-state index contributed by atoms with van der Waals surface area (Å²) in [4.78, 5) is 10.6. The molecule has 0 unspecified atom stereocenters. The average molecular weight is 212 g/mol. The predicted molar refractivity (Wildman–Crippen MR) is 51.3 cm³/mol. The van der Waals surface area contributed by atoms with Crippen molar-refractivity contribution in [2.24, 2.45) is 0 Å². The van der Waals surface area contributed by atoms with Gasteiger partial charge in [-0.25, -0.2) is 0 Å². The summed E-state index contributed by atoms with van der Waals surface area (Å²) in [5, 5.41) is 0. The van der Waals surface area contributed by atoms with Crippen molar-refractivity contribution in [3.05, 3.63) is 24.3 Å². The first-order chi connectivity index (χ1) is 6.75. The maximum Gasteiger partial charge on any atom is 0.463 e. The van der Waals surface area contributed by atoms with Gasteiger partial charge in [-0.15, -0.1) is 0 Å². The highest BCUT2D eigenvalue weighted by Crippen LogP contribution is 2.52. The summed E-state index contributed by atoms with van der Waals surface area (Å²) in [5.41, 5.74) is 0. The van der Waals surface area contributed by atoms with Gasteiger partial charge >= 0.3 is 8.60 Å². The van der Waals surface area contributed by atoms with Crippen LogP contribution in [-0.4, -0.2) is 12.4 Å². The topological polar surface area (TPSA) is 44.8 Å². The summed E-state index contributed by atoms with van der Waals surface area (Å²) in [7, 11) is -1.43. The number of ketones is 1. The van der Waals surface area contributed by atoms with Crippen LogP contribution >= 0.6 is 8.60 Å². The average Bonchev–Trinajstić information content (AvgIpc) is 2.57. The molecule has 0 saturated carbocycles. The summed E-state index contributed by atoms with van der Waals surface area (Å²) in [5.74, 6) is 1.29. The highest BCUT2D eigenvalue weighted by Gasteiger charge is 2.27. The third-order valence-corrected chi connectivity index (χ3v) is 2.60. The SMILES string of the molecule is CC(=O)COP1Oc2ccccc2O1. The minimum Gasteiger partial charge on any atom is -0.414 e. The molecule has 14 heavy (non-hydrogen) atoms. The molecule has 1 aromatic carbocycles. The molecule has 1 heterocycles. The Morgan fingerprint density at radius 3 is 2.43 bits per heavy atom. The molecule has 1 aromatic rings. The largest absolute Gasteiger partial charge is 0.463 e. The molecule has 0 saturated heterocycles. The molecule has 5 heteroatoms. The number of rotatable bonds is 3. The van der Waals surface area contributed by atoms with Crippen LogP contribution in [0.1, 0.15) is 6.92 Å². The molecular formula is C9H9O4P. The fourth-order valence-electron chi connectivity index (χ4n) is 0.977. The first-order valence-electron chi connectivity index (χ1n) is 4.13. The van der Waals surface area contributed by atoms with Gasteiger partial charge in [0.1, 0.15) is 6.61 Å². The third kappa shape index (κ3) is 2.03. The Morgan fingerprint density at radius 2 is 1.93 bits per heavy atom. The predicted octanol–water partition coefficient (Wildman–Crippen LogP) is 2.29. The van der Waals surface area contributed by atoms with E-state index in [0.717, 1.165) is 0 Å². The van der Waals surface area contributed by atoms with Crippen LogP contribution in [-0.2, 0) is 9.32 Å². The standard InChI is InChI=1S/C9H9O4P/c1-7(10)6-11-14-12-8-4-2-3-5-9(8)13-14/h2-5H,6H2,1H3. The van der Waals surface area contributed by atoms with E-state index in [2.05, 4.69) is 0 Å². The van der Waals surface area contributed by atoms with E-state index < -0.39 is 8.60 Å². The first-order valence-corrected chi connectivity index (χ1v) is 5.23. The van der Waals surface area contributed by atoms with Gasteiger partial charge in [0, 0.05) is 0 Å². The number of hydrogen-bond donors (Lipinski definition) is 0. The van der Waals surface area contributed by atoms with Crippen LogP contribution in [0, 0.1) is 0 Å². The molecule has 0 aliphatic carbocycles. The van der Waals surface area contributed by atoms with Crippen molar-refractivity contribution in [1.29, 1.82) is 0 Å². The highest BCUT2D eigenvalue weighted by molar-refractivity contribution is 7.43. The minimum atomic E-state index is -1.43. The smallest absolute Gasteiger partial charge is 0.414 e. The Kier molecular flexibility index (Phi) is 2.66. The van der Waals surface area contributed by atoms with Gasteiger partial charge in [-0.3, -0.25) is 9.32 Å². The molecule has 0 fully saturated rings. The number of para-hydroxylation sites is 2. The number of carbonyl (C=O) groups is 1. The Labute approximate surface area is 82.8 Å². The van der Waals surface area contributed by atoms with Gasteiger partial charge in [0.25, 0.3) is 0 Å². The molecule has 0 radical (unpaired) electrons. The zero-order chi connectivity index (χ0) is 9.97. The van der Waals surface area contributed by atoms with Crippen LogP contribution in [0.3, 0.4) is 0 Å². The summed E-state index contributed by atoms with van der Waals surface area (Å²) >= 11 is 0. The van der Waals surface area contributed by atoms with E-state index in [1.807, 2.05) is 12.1 Å². The van der Waals surface area contributed by atoms with E-state index in [0.29, 0.717) is 11.5 Å². The summed E-state index contributed by atoms with van der Waals surface area (Å²) in [6.07, 6.45) is 0. The third-order valence-electron chi connectivity index (χ3n) is 1.57. The van der Waals surface area contributed by atoms with Gasteiger partial charge in [0.05, 0.1) is 0 Å². The molecule has 4 nitrogen and oxygen atoms in total. The van der Waals surface area contributed by atoms with Gasteiger partial charge in [-0.05, 0) is 19.1 Å². The van der Waals surface area contributed by atoms with Crippen LogP contribution in [0.15, 0.2) is 24.3 Å². The number of hydrogen-bond acceptors (Lipinski definition) is 4. The Balaban J connectivity index is 1.95. The lowest BCUT2D eigenvalue weighted by Crippen LogP contribution is -2.02. The maximum atomic E-state index is 10.6.